The van der Waals surface area contributed by atoms with Gasteiger partial charge in [0.1, 0.15) is 23.9 Å². The van der Waals surface area contributed by atoms with Crippen molar-refractivity contribution in [3.05, 3.63) is 125 Å². The van der Waals surface area contributed by atoms with Gasteiger partial charge in [0.25, 0.3) is 0 Å². The molecule has 0 radical (unpaired) electrons. The number of hydrogen-bond donors (Lipinski definition) is 1. The van der Waals surface area contributed by atoms with Gasteiger partial charge < -0.3 is 9.73 Å². The van der Waals surface area contributed by atoms with Gasteiger partial charge in [0.05, 0.1) is 35.2 Å². The van der Waals surface area contributed by atoms with Crippen LogP contribution in [0.3, 0.4) is 0 Å². The van der Waals surface area contributed by atoms with E-state index in [0.29, 0.717) is 17.3 Å². The van der Waals surface area contributed by atoms with Crippen LogP contribution in [0.15, 0.2) is 95.6 Å². The Bertz CT molecular complexity index is 1750. The molecular formula is C33H29FN4O3S. The molecule has 0 spiro atoms. The van der Waals surface area contributed by atoms with Crippen molar-refractivity contribution in [1.29, 1.82) is 0 Å². The highest BCUT2D eigenvalue weighted by molar-refractivity contribution is 8.00. The lowest BCUT2D eigenvalue weighted by Crippen LogP contribution is -2.42. The topological polar surface area (TPSA) is 80.4 Å². The predicted octanol–water partition coefficient (Wildman–Crippen LogP) is 6.37. The van der Waals surface area contributed by atoms with Crippen LogP contribution in [-0.4, -0.2) is 33.9 Å². The Morgan fingerprint density at radius 1 is 1.05 bits per heavy atom. The Labute approximate surface area is 247 Å². The average molecular weight is 581 g/mol. The fraction of sp³-hybridized carbons (Fsp3) is 0.182. The molecule has 1 atom stereocenters. The Kier molecular flexibility index (Phi) is 7.67. The summed E-state index contributed by atoms with van der Waals surface area (Å²) in [6, 6.07) is 25.7. The highest BCUT2D eigenvalue weighted by Gasteiger charge is 2.38. The Morgan fingerprint density at radius 2 is 1.86 bits per heavy atom. The molecule has 5 aromatic rings. The summed E-state index contributed by atoms with van der Waals surface area (Å²) in [6.07, 6.45) is 1.55. The van der Waals surface area contributed by atoms with E-state index in [-0.39, 0.29) is 36.5 Å². The lowest BCUT2D eigenvalue weighted by molar-refractivity contribution is -0.123. The molecule has 3 heterocycles. The number of benzene rings is 3. The first-order valence-electron chi connectivity index (χ1n) is 13.6. The summed E-state index contributed by atoms with van der Waals surface area (Å²) >= 11 is 1.41. The number of rotatable bonds is 7. The van der Waals surface area contributed by atoms with Gasteiger partial charge >= 0.3 is 0 Å². The number of anilines is 1. The quantitative estimate of drug-likeness (QED) is 0.242. The Balaban J connectivity index is 1.57. The van der Waals surface area contributed by atoms with Gasteiger partial charge in [-0.25, -0.2) is 9.07 Å². The molecule has 1 aliphatic heterocycles. The number of furan rings is 1. The molecule has 212 valence electrons. The van der Waals surface area contributed by atoms with Gasteiger partial charge in [0.2, 0.25) is 11.8 Å². The Morgan fingerprint density at radius 3 is 2.62 bits per heavy atom. The number of thioether (sulfide) groups is 1. The summed E-state index contributed by atoms with van der Waals surface area (Å²) in [5.41, 5.74) is 5.86. The van der Waals surface area contributed by atoms with Gasteiger partial charge in [-0.15, -0.1) is 11.8 Å². The summed E-state index contributed by atoms with van der Waals surface area (Å²) in [7, 11) is 0. The number of hydrogen-bond acceptors (Lipinski definition) is 5. The molecule has 1 N–H and O–H groups in total. The molecule has 0 aliphatic carbocycles. The van der Waals surface area contributed by atoms with Crippen LogP contribution in [0, 0.1) is 19.7 Å². The second-order valence-electron chi connectivity index (χ2n) is 10.2. The zero-order valence-corrected chi connectivity index (χ0v) is 24.0. The number of halogens is 1. The van der Waals surface area contributed by atoms with Crippen molar-refractivity contribution in [2.24, 2.45) is 0 Å². The molecule has 3 aromatic carbocycles. The molecule has 6 rings (SSSR count). The van der Waals surface area contributed by atoms with E-state index in [1.54, 1.807) is 29.1 Å². The monoisotopic (exact) mass is 580 g/mol. The number of fused-ring (bicyclic) bond motifs is 1. The third kappa shape index (κ3) is 5.35. The van der Waals surface area contributed by atoms with E-state index in [4.69, 9.17) is 9.52 Å². The first-order chi connectivity index (χ1) is 20.4. The van der Waals surface area contributed by atoms with E-state index in [0.717, 1.165) is 33.5 Å². The zero-order valence-electron chi connectivity index (χ0n) is 23.2. The number of amides is 2. The minimum absolute atomic E-state index is 0.0996. The molecule has 42 heavy (non-hydrogen) atoms. The van der Waals surface area contributed by atoms with E-state index < -0.39 is 5.25 Å². The fourth-order valence-corrected chi connectivity index (χ4v) is 6.38. The van der Waals surface area contributed by atoms with Gasteiger partial charge in [0.15, 0.2) is 0 Å². The van der Waals surface area contributed by atoms with Crippen LogP contribution in [-0.2, 0) is 16.1 Å². The number of aromatic nitrogens is 2. The SMILES string of the molecule is Cc1cccc(-n2nc(-c3ccccc3)c3c2N(CC(=O)NCc2ccco2)C(=O)CS[C@H]3c2cccc(F)c2)c1C. The molecule has 0 bridgehead atoms. The molecule has 0 unspecified atom stereocenters. The van der Waals surface area contributed by atoms with E-state index in [1.165, 1.54) is 28.8 Å². The van der Waals surface area contributed by atoms with Crippen LogP contribution in [0.1, 0.15) is 33.3 Å². The molecule has 2 aromatic heterocycles. The number of aryl methyl sites for hydroxylation is 1. The van der Waals surface area contributed by atoms with Crippen LogP contribution in [0.4, 0.5) is 10.2 Å². The maximum absolute atomic E-state index is 14.5. The van der Waals surface area contributed by atoms with Crippen molar-refractivity contribution >= 4 is 29.4 Å². The zero-order chi connectivity index (χ0) is 29.2. The maximum atomic E-state index is 14.5. The van der Waals surface area contributed by atoms with Crippen molar-refractivity contribution in [1.82, 2.24) is 15.1 Å². The summed E-state index contributed by atoms with van der Waals surface area (Å²) < 4.78 is 21.7. The minimum atomic E-state index is -0.412. The lowest BCUT2D eigenvalue weighted by atomic mass is 9.99. The third-order valence-electron chi connectivity index (χ3n) is 7.43. The number of nitrogens with zero attached hydrogens (tertiary/aromatic N) is 3. The molecule has 2 amide bonds. The molecule has 0 fully saturated rings. The van der Waals surface area contributed by atoms with Crippen molar-refractivity contribution in [3.63, 3.8) is 0 Å². The largest absolute Gasteiger partial charge is 0.467 e. The van der Waals surface area contributed by atoms with Crippen molar-refractivity contribution in [3.8, 4) is 16.9 Å². The summed E-state index contributed by atoms with van der Waals surface area (Å²) in [4.78, 5) is 28.7. The van der Waals surface area contributed by atoms with Crippen LogP contribution in [0.2, 0.25) is 0 Å². The number of nitrogens with one attached hydrogen (secondary N) is 1. The van der Waals surface area contributed by atoms with E-state index in [9.17, 15) is 14.0 Å². The van der Waals surface area contributed by atoms with E-state index in [1.807, 2.05) is 68.4 Å². The average Bonchev–Trinajstić information content (AvgIpc) is 3.63. The van der Waals surface area contributed by atoms with Gasteiger partial charge in [-0.05, 0) is 60.9 Å². The van der Waals surface area contributed by atoms with E-state index >= 15 is 0 Å². The number of carbonyl (C=O) groups excluding carboxylic acids is 2. The Hall–Kier alpha value is -4.63. The van der Waals surface area contributed by atoms with Gasteiger partial charge in [-0.1, -0.05) is 54.6 Å². The molecule has 0 saturated carbocycles. The second-order valence-corrected chi connectivity index (χ2v) is 11.3. The first kappa shape index (κ1) is 27.5. The van der Waals surface area contributed by atoms with Crippen molar-refractivity contribution < 1.29 is 18.4 Å². The molecule has 0 saturated heterocycles. The molecule has 9 heteroatoms. The normalized spacial score (nSPS) is 14.9. The van der Waals surface area contributed by atoms with Gasteiger partial charge in [-0.2, -0.15) is 5.10 Å². The van der Waals surface area contributed by atoms with Crippen LogP contribution in [0.5, 0.6) is 0 Å². The standard InChI is InChI=1S/C33H29FN4O3S/c1-21-9-6-15-27(22(21)2)38-33-30(31(36-38)23-10-4-3-5-11-23)32(24-12-7-13-25(34)17-24)42-20-29(40)37(33)19-28(39)35-18-26-14-8-16-41-26/h3-17,32H,18-20H2,1-2H3,(H,35,39)/t32-/m0/s1. The van der Waals surface area contributed by atoms with Crippen molar-refractivity contribution in [2.45, 2.75) is 25.6 Å². The van der Waals surface area contributed by atoms with Crippen molar-refractivity contribution in [2.75, 3.05) is 17.2 Å². The lowest BCUT2D eigenvalue weighted by Gasteiger charge is -2.24. The summed E-state index contributed by atoms with van der Waals surface area (Å²) in [6.45, 7) is 4.02. The third-order valence-corrected chi connectivity index (χ3v) is 8.69. The minimum Gasteiger partial charge on any atom is -0.467 e. The highest BCUT2D eigenvalue weighted by Crippen LogP contribution is 2.48. The molecular weight excluding hydrogens is 551 g/mol. The first-order valence-corrected chi connectivity index (χ1v) is 14.7. The van der Waals surface area contributed by atoms with Gasteiger partial charge in [0, 0.05) is 11.1 Å². The smallest absolute Gasteiger partial charge is 0.240 e. The molecule has 7 nitrogen and oxygen atoms in total. The van der Waals surface area contributed by atoms with E-state index in [2.05, 4.69) is 5.32 Å². The maximum Gasteiger partial charge on any atom is 0.240 e. The van der Waals surface area contributed by atoms with Gasteiger partial charge in [-0.3, -0.25) is 14.5 Å². The molecule has 1 aliphatic rings. The predicted molar refractivity (Wildman–Crippen MR) is 162 cm³/mol. The number of carbonyl (C=O) groups is 2. The van der Waals surface area contributed by atoms with Crippen LogP contribution >= 0.6 is 11.8 Å². The summed E-state index contributed by atoms with van der Waals surface area (Å²) in [5.74, 6) is 0.277. The fourth-order valence-electron chi connectivity index (χ4n) is 5.19. The second kappa shape index (κ2) is 11.7. The van der Waals surface area contributed by atoms with Crippen LogP contribution < -0.4 is 10.2 Å². The summed E-state index contributed by atoms with van der Waals surface area (Å²) in [5, 5.41) is 7.57. The highest BCUT2D eigenvalue weighted by atomic mass is 32.2. The van der Waals surface area contributed by atoms with Crippen LogP contribution in [0.25, 0.3) is 16.9 Å².